The lowest BCUT2D eigenvalue weighted by molar-refractivity contribution is 0.392. The first-order chi connectivity index (χ1) is 15.4. The standard InChI is InChI=1S/C23H26N2O6S/c1-24-32(26,27)14-15-6-8-17(9-7-15)25-13-16-12-20(30-4)21-18(28-2)10-11-19(29-3)22(21)23(16)31-5/h6-13,24H,14H2,1-5H3. The lowest BCUT2D eigenvalue weighted by Gasteiger charge is -2.17. The fraction of sp³-hybridized carbons (Fsp3) is 0.261. The van der Waals surface area contributed by atoms with Crippen molar-refractivity contribution < 1.29 is 27.4 Å². The lowest BCUT2D eigenvalue weighted by atomic mass is 10.0. The van der Waals surface area contributed by atoms with Crippen LogP contribution in [0, 0.1) is 0 Å². The highest BCUT2D eigenvalue weighted by molar-refractivity contribution is 7.88. The second kappa shape index (κ2) is 9.88. The largest absolute Gasteiger partial charge is 0.496 e. The number of nitrogens with one attached hydrogen (secondary N) is 1. The highest BCUT2D eigenvalue weighted by Gasteiger charge is 2.20. The van der Waals surface area contributed by atoms with E-state index in [1.165, 1.54) is 7.05 Å². The van der Waals surface area contributed by atoms with Gasteiger partial charge in [-0.2, -0.15) is 0 Å². The number of hydrogen-bond donors (Lipinski definition) is 1. The number of sulfonamides is 1. The molecule has 3 aromatic rings. The van der Waals surface area contributed by atoms with Crippen LogP contribution in [0.5, 0.6) is 23.0 Å². The van der Waals surface area contributed by atoms with Crippen molar-refractivity contribution in [3.8, 4) is 23.0 Å². The number of benzene rings is 3. The van der Waals surface area contributed by atoms with E-state index in [4.69, 9.17) is 18.9 Å². The van der Waals surface area contributed by atoms with E-state index in [0.717, 1.165) is 5.39 Å². The molecule has 32 heavy (non-hydrogen) atoms. The van der Waals surface area contributed by atoms with Gasteiger partial charge < -0.3 is 18.9 Å². The van der Waals surface area contributed by atoms with Crippen LogP contribution in [0.1, 0.15) is 11.1 Å². The van der Waals surface area contributed by atoms with Gasteiger partial charge in [-0.25, -0.2) is 13.1 Å². The van der Waals surface area contributed by atoms with Crippen molar-refractivity contribution >= 4 is 32.7 Å². The van der Waals surface area contributed by atoms with Crippen LogP contribution < -0.4 is 23.7 Å². The normalized spacial score (nSPS) is 11.7. The van der Waals surface area contributed by atoms with Gasteiger partial charge in [0.25, 0.3) is 0 Å². The van der Waals surface area contributed by atoms with E-state index in [1.807, 2.05) is 18.2 Å². The quantitative estimate of drug-likeness (QED) is 0.492. The molecule has 0 spiro atoms. The second-order valence-corrected chi connectivity index (χ2v) is 8.74. The molecule has 0 bridgehead atoms. The van der Waals surface area contributed by atoms with Crippen molar-refractivity contribution in [2.45, 2.75) is 5.75 Å². The van der Waals surface area contributed by atoms with Gasteiger partial charge in [0, 0.05) is 11.8 Å². The molecular weight excluding hydrogens is 432 g/mol. The van der Waals surface area contributed by atoms with Crippen molar-refractivity contribution in [1.82, 2.24) is 4.72 Å². The third-order valence-electron chi connectivity index (χ3n) is 4.97. The van der Waals surface area contributed by atoms with Gasteiger partial charge in [0.05, 0.1) is 50.7 Å². The van der Waals surface area contributed by atoms with E-state index >= 15 is 0 Å². The van der Waals surface area contributed by atoms with Crippen LogP contribution in [0.3, 0.4) is 0 Å². The van der Waals surface area contributed by atoms with Crippen molar-refractivity contribution in [2.24, 2.45) is 4.99 Å². The molecule has 0 fully saturated rings. The van der Waals surface area contributed by atoms with E-state index in [9.17, 15) is 8.42 Å². The minimum absolute atomic E-state index is 0.0924. The molecule has 0 aliphatic carbocycles. The van der Waals surface area contributed by atoms with Crippen LogP contribution in [-0.2, 0) is 15.8 Å². The smallest absolute Gasteiger partial charge is 0.215 e. The maximum absolute atomic E-state index is 11.7. The molecule has 0 heterocycles. The van der Waals surface area contributed by atoms with Gasteiger partial charge in [0.1, 0.15) is 23.0 Å². The summed E-state index contributed by atoms with van der Waals surface area (Å²) in [4.78, 5) is 4.53. The first kappa shape index (κ1) is 23.4. The summed E-state index contributed by atoms with van der Waals surface area (Å²) < 4.78 is 48.2. The minimum Gasteiger partial charge on any atom is -0.496 e. The molecule has 8 nitrogen and oxygen atoms in total. The van der Waals surface area contributed by atoms with Crippen LogP contribution in [-0.4, -0.2) is 50.1 Å². The Bertz CT molecular complexity index is 1240. The number of nitrogens with zero attached hydrogens (tertiary/aromatic N) is 1. The zero-order chi connectivity index (χ0) is 23.3. The minimum atomic E-state index is -3.33. The molecule has 0 saturated carbocycles. The fourth-order valence-electron chi connectivity index (χ4n) is 3.39. The lowest BCUT2D eigenvalue weighted by Crippen LogP contribution is -2.20. The third kappa shape index (κ3) is 4.79. The van der Waals surface area contributed by atoms with Crippen molar-refractivity contribution in [3.05, 3.63) is 53.6 Å². The van der Waals surface area contributed by atoms with Crippen LogP contribution in [0.4, 0.5) is 5.69 Å². The second-order valence-electron chi connectivity index (χ2n) is 6.81. The SMILES string of the molecule is CNS(=O)(=O)Cc1ccc(N=Cc2cc(OC)c3c(OC)ccc(OC)c3c2OC)cc1. The Balaban J connectivity index is 2.06. The van der Waals surface area contributed by atoms with Gasteiger partial charge in [0.2, 0.25) is 10.0 Å². The molecule has 0 aromatic heterocycles. The summed E-state index contributed by atoms with van der Waals surface area (Å²) in [6, 6.07) is 12.4. The van der Waals surface area contributed by atoms with Crippen LogP contribution in [0.15, 0.2) is 47.5 Å². The van der Waals surface area contributed by atoms with E-state index in [2.05, 4.69) is 9.71 Å². The summed E-state index contributed by atoms with van der Waals surface area (Å²) in [5, 5.41) is 1.45. The zero-order valence-electron chi connectivity index (χ0n) is 18.6. The summed E-state index contributed by atoms with van der Waals surface area (Å²) >= 11 is 0. The number of rotatable bonds is 9. The number of aliphatic imine (C=N–C) groups is 1. The van der Waals surface area contributed by atoms with Gasteiger partial charge in [-0.3, -0.25) is 4.99 Å². The molecule has 3 rings (SSSR count). The molecular formula is C23H26N2O6S. The number of methoxy groups -OCH3 is 4. The topological polar surface area (TPSA) is 95.5 Å². The number of hydrogen-bond acceptors (Lipinski definition) is 7. The zero-order valence-corrected chi connectivity index (χ0v) is 19.4. The van der Waals surface area contributed by atoms with Crippen LogP contribution in [0.25, 0.3) is 10.8 Å². The Hall–Kier alpha value is -3.30. The Labute approximate surface area is 187 Å². The maximum atomic E-state index is 11.7. The van der Waals surface area contributed by atoms with Gasteiger partial charge in [-0.05, 0) is 42.9 Å². The van der Waals surface area contributed by atoms with E-state index in [0.29, 0.717) is 45.2 Å². The monoisotopic (exact) mass is 458 g/mol. The molecule has 0 unspecified atom stereocenters. The number of fused-ring (bicyclic) bond motifs is 1. The van der Waals surface area contributed by atoms with Crippen molar-refractivity contribution in [1.29, 1.82) is 0 Å². The molecule has 0 amide bonds. The average molecular weight is 459 g/mol. The highest BCUT2D eigenvalue weighted by atomic mass is 32.2. The molecule has 0 aliphatic rings. The van der Waals surface area contributed by atoms with Gasteiger partial charge in [-0.15, -0.1) is 0 Å². The molecule has 0 radical (unpaired) electrons. The van der Waals surface area contributed by atoms with Gasteiger partial charge in [0.15, 0.2) is 0 Å². The van der Waals surface area contributed by atoms with Crippen molar-refractivity contribution in [3.63, 3.8) is 0 Å². The molecule has 9 heteroatoms. The van der Waals surface area contributed by atoms with Gasteiger partial charge >= 0.3 is 0 Å². The Morgan fingerprint density at radius 1 is 0.844 bits per heavy atom. The predicted molar refractivity (Wildman–Crippen MR) is 126 cm³/mol. The molecule has 0 atom stereocenters. The Morgan fingerprint density at radius 2 is 1.44 bits per heavy atom. The van der Waals surface area contributed by atoms with Crippen LogP contribution >= 0.6 is 0 Å². The van der Waals surface area contributed by atoms with E-state index in [1.54, 1.807) is 58.9 Å². The Kier molecular flexibility index (Phi) is 7.22. The highest BCUT2D eigenvalue weighted by Crippen LogP contribution is 2.45. The predicted octanol–water partition coefficient (Wildman–Crippen LogP) is 3.67. The van der Waals surface area contributed by atoms with Gasteiger partial charge in [-0.1, -0.05) is 12.1 Å². The first-order valence-electron chi connectivity index (χ1n) is 9.71. The molecule has 0 saturated heterocycles. The summed E-state index contributed by atoms with van der Waals surface area (Å²) in [6.07, 6.45) is 1.67. The fourth-order valence-corrected chi connectivity index (χ4v) is 4.16. The first-order valence-corrected chi connectivity index (χ1v) is 11.4. The van der Waals surface area contributed by atoms with Crippen molar-refractivity contribution in [2.75, 3.05) is 35.5 Å². The van der Waals surface area contributed by atoms with E-state index in [-0.39, 0.29) is 5.75 Å². The van der Waals surface area contributed by atoms with Crippen LogP contribution in [0.2, 0.25) is 0 Å². The summed E-state index contributed by atoms with van der Waals surface area (Å²) in [6.45, 7) is 0. The summed E-state index contributed by atoms with van der Waals surface area (Å²) in [5.41, 5.74) is 2.01. The molecule has 170 valence electrons. The summed E-state index contributed by atoms with van der Waals surface area (Å²) in [5.74, 6) is 2.31. The average Bonchev–Trinajstić information content (AvgIpc) is 2.81. The molecule has 0 aliphatic heterocycles. The summed E-state index contributed by atoms with van der Waals surface area (Å²) in [7, 11) is 4.40. The third-order valence-corrected chi connectivity index (χ3v) is 6.31. The van der Waals surface area contributed by atoms with E-state index < -0.39 is 10.0 Å². The number of ether oxygens (including phenoxy) is 4. The maximum Gasteiger partial charge on any atom is 0.215 e. The Morgan fingerprint density at radius 3 is 1.97 bits per heavy atom. The molecule has 3 aromatic carbocycles. The molecule has 1 N–H and O–H groups in total.